The summed E-state index contributed by atoms with van der Waals surface area (Å²) in [6.07, 6.45) is 3.56. The van der Waals surface area contributed by atoms with Gasteiger partial charge in [-0.1, -0.05) is 24.3 Å². The third kappa shape index (κ3) is 1.72. The number of benzene rings is 1. The highest BCUT2D eigenvalue weighted by atomic mass is 16.3. The molecule has 1 heterocycles. The first-order chi connectivity index (χ1) is 8.77. The number of rotatable bonds is 2. The Balaban J connectivity index is 1.87. The Morgan fingerprint density at radius 1 is 1.28 bits per heavy atom. The highest BCUT2D eigenvalue weighted by molar-refractivity contribution is 5.91. The monoisotopic (exact) mass is 241 g/mol. The van der Waals surface area contributed by atoms with Crippen LogP contribution in [0.15, 0.2) is 47.1 Å². The number of fused-ring (bicyclic) bond motifs is 1. The minimum absolute atomic E-state index is 0.0540. The topological polar surface area (TPSA) is 33.5 Å². The lowest BCUT2D eigenvalue weighted by Gasteiger charge is -2.24. The fourth-order valence-electron chi connectivity index (χ4n) is 2.65. The van der Waals surface area contributed by atoms with E-state index in [9.17, 15) is 4.79 Å². The summed E-state index contributed by atoms with van der Waals surface area (Å²) in [5.74, 6) is 0.351. The molecule has 0 bridgehead atoms. The summed E-state index contributed by atoms with van der Waals surface area (Å²) >= 11 is 0. The van der Waals surface area contributed by atoms with Crippen molar-refractivity contribution in [3.05, 3.63) is 59.5 Å². The Morgan fingerprint density at radius 2 is 2.11 bits per heavy atom. The van der Waals surface area contributed by atoms with Gasteiger partial charge in [-0.15, -0.1) is 0 Å². The van der Waals surface area contributed by atoms with E-state index in [0.717, 1.165) is 12.8 Å². The highest BCUT2D eigenvalue weighted by Crippen LogP contribution is 2.35. The average Bonchev–Trinajstić information content (AvgIpc) is 3.06. The molecule has 1 aliphatic rings. The maximum atomic E-state index is 12.2. The second-order valence-corrected chi connectivity index (χ2v) is 4.65. The third-order valence-corrected chi connectivity index (χ3v) is 3.62. The molecule has 3 rings (SSSR count). The lowest BCUT2D eigenvalue weighted by molar-refractivity contribution is 0.0698. The number of carbonyl (C=O) groups excluding carboxylic acids is 1. The van der Waals surface area contributed by atoms with Gasteiger partial charge < -0.3 is 9.32 Å². The quantitative estimate of drug-likeness (QED) is 0.809. The number of hydrogen-bond donors (Lipinski definition) is 0. The Kier molecular flexibility index (Phi) is 2.67. The summed E-state index contributed by atoms with van der Waals surface area (Å²) in [6.45, 7) is 0. The zero-order valence-electron chi connectivity index (χ0n) is 10.3. The second kappa shape index (κ2) is 4.33. The Morgan fingerprint density at radius 3 is 2.89 bits per heavy atom. The van der Waals surface area contributed by atoms with Gasteiger partial charge >= 0.3 is 0 Å². The molecule has 0 aliphatic heterocycles. The van der Waals surface area contributed by atoms with Crippen LogP contribution >= 0.6 is 0 Å². The van der Waals surface area contributed by atoms with Gasteiger partial charge in [0.1, 0.15) is 0 Å². The van der Waals surface area contributed by atoms with E-state index in [4.69, 9.17) is 4.42 Å². The smallest absolute Gasteiger partial charge is 0.289 e. The first-order valence-corrected chi connectivity index (χ1v) is 6.16. The van der Waals surface area contributed by atoms with Crippen molar-refractivity contribution in [1.82, 2.24) is 4.90 Å². The maximum Gasteiger partial charge on any atom is 0.289 e. The summed E-state index contributed by atoms with van der Waals surface area (Å²) in [7, 11) is 1.84. The van der Waals surface area contributed by atoms with Gasteiger partial charge in [-0.3, -0.25) is 4.79 Å². The van der Waals surface area contributed by atoms with Gasteiger partial charge in [0.25, 0.3) is 5.91 Å². The Bertz CT molecular complexity index is 560. The zero-order chi connectivity index (χ0) is 12.5. The molecule has 0 saturated heterocycles. The number of amides is 1. The first kappa shape index (κ1) is 11.1. The molecule has 0 radical (unpaired) electrons. The summed E-state index contributed by atoms with van der Waals surface area (Å²) < 4.78 is 5.17. The van der Waals surface area contributed by atoms with E-state index in [2.05, 4.69) is 18.2 Å². The summed E-state index contributed by atoms with van der Waals surface area (Å²) in [5.41, 5.74) is 2.61. The minimum Gasteiger partial charge on any atom is -0.459 e. The highest BCUT2D eigenvalue weighted by Gasteiger charge is 2.29. The molecule has 1 unspecified atom stereocenters. The van der Waals surface area contributed by atoms with Crippen molar-refractivity contribution >= 4 is 5.91 Å². The van der Waals surface area contributed by atoms with Gasteiger partial charge in [-0.2, -0.15) is 0 Å². The average molecular weight is 241 g/mol. The lowest BCUT2D eigenvalue weighted by Crippen LogP contribution is -2.29. The van der Waals surface area contributed by atoms with Crippen molar-refractivity contribution < 1.29 is 9.21 Å². The number of furan rings is 1. The molecule has 1 aliphatic carbocycles. The van der Waals surface area contributed by atoms with Crippen LogP contribution in [0.4, 0.5) is 0 Å². The van der Waals surface area contributed by atoms with E-state index < -0.39 is 0 Å². The molecule has 3 nitrogen and oxygen atoms in total. The fraction of sp³-hybridized carbons (Fsp3) is 0.267. The van der Waals surface area contributed by atoms with Crippen LogP contribution in [0.2, 0.25) is 0 Å². The van der Waals surface area contributed by atoms with Crippen molar-refractivity contribution in [1.29, 1.82) is 0 Å². The van der Waals surface area contributed by atoms with Crippen LogP contribution < -0.4 is 0 Å². The van der Waals surface area contributed by atoms with E-state index in [1.807, 2.05) is 13.1 Å². The van der Waals surface area contributed by atoms with Crippen molar-refractivity contribution in [3.8, 4) is 0 Å². The molecule has 3 heteroatoms. The number of nitrogens with zero attached hydrogens (tertiary/aromatic N) is 1. The predicted octanol–water partition coefficient (Wildman–Crippen LogP) is 3.04. The van der Waals surface area contributed by atoms with Crippen LogP contribution in [-0.2, 0) is 6.42 Å². The molecule has 0 spiro atoms. The second-order valence-electron chi connectivity index (χ2n) is 4.65. The first-order valence-electron chi connectivity index (χ1n) is 6.16. The Hall–Kier alpha value is -2.03. The summed E-state index contributed by atoms with van der Waals surface area (Å²) in [5, 5.41) is 0. The van der Waals surface area contributed by atoms with Crippen LogP contribution in [0.3, 0.4) is 0 Å². The van der Waals surface area contributed by atoms with Crippen molar-refractivity contribution in [3.63, 3.8) is 0 Å². The molecule has 1 atom stereocenters. The van der Waals surface area contributed by atoms with Gasteiger partial charge in [0.2, 0.25) is 0 Å². The van der Waals surface area contributed by atoms with Gasteiger partial charge in [-0.25, -0.2) is 0 Å². The van der Waals surface area contributed by atoms with Crippen LogP contribution in [0.5, 0.6) is 0 Å². The molecule has 1 aromatic heterocycles. The number of hydrogen-bond acceptors (Lipinski definition) is 2. The van der Waals surface area contributed by atoms with E-state index in [1.165, 1.54) is 17.4 Å². The molecule has 0 saturated carbocycles. The van der Waals surface area contributed by atoms with Crippen molar-refractivity contribution in [2.75, 3.05) is 7.05 Å². The van der Waals surface area contributed by atoms with Gasteiger partial charge in [0, 0.05) is 7.05 Å². The maximum absolute atomic E-state index is 12.2. The zero-order valence-corrected chi connectivity index (χ0v) is 10.3. The van der Waals surface area contributed by atoms with Crippen LogP contribution in [-0.4, -0.2) is 17.9 Å². The SMILES string of the molecule is CN(C(=O)c1ccco1)C1CCc2ccccc21. The largest absolute Gasteiger partial charge is 0.459 e. The number of carbonyl (C=O) groups is 1. The molecule has 0 N–H and O–H groups in total. The minimum atomic E-state index is -0.0540. The summed E-state index contributed by atoms with van der Waals surface area (Å²) in [6, 6.07) is 11.9. The standard InChI is InChI=1S/C15H15NO2/c1-16(15(17)14-7-4-10-18-14)13-9-8-11-5-2-3-6-12(11)13/h2-7,10,13H,8-9H2,1H3. The van der Waals surface area contributed by atoms with Gasteiger partial charge in [-0.05, 0) is 36.1 Å². The molecule has 2 aromatic rings. The van der Waals surface area contributed by atoms with E-state index >= 15 is 0 Å². The fourth-order valence-corrected chi connectivity index (χ4v) is 2.65. The van der Waals surface area contributed by atoms with Crippen LogP contribution in [0.1, 0.15) is 34.1 Å². The molecule has 1 amide bonds. The molecule has 0 fully saturated rings. The van der Waals surface area contributed by atoms with Gasteiger partial charge in [0.15, 0.2) is 5.76 Å². The molecule has 1 aromatic carbocycles. The number of aryl methyl sites for hydroxylation is 1. The van der Waals surface area contributed by atoms with E-state index in [0.29, 0.717) is 5.76 Å². The molecular formula is C15H15NO2. The van der Waals surface area contributed by atoms with Gasteiger partial charge in [0.05, 0.1) is 12.3 Å². The van der Waals surface area contributed by atoms with Crippen molar-refractivity contribution in [2.24, 2.45) is 0 Å². The van der Waals surface area contributed by atoms with Crippen molar-refractivity contribution in [2.45, 2.75) is 18.9 Å². The molecular weight excluding hydrogens is 226 g/mol. The lowest BCUT2D eigenvalue weighted by atomic mass is 10.1. The normalized spacial score (nSPS) is 17.5. The molecule has 92 valence electrons. The van der Waals surface area contributed by atoms with E-state index in [-0.39, 0.29) is 11.9 Å². The third-order valence-electron chi connectivity index (χ3n) is 3.62. The van der Waals surface area contributed by atoms with Crippen LogP contribution in [0.25, 0.3) is 0 Å². The predicted molar refractivity (Wildman–Crippen MR) is 68.3 cm³/mol. The molecule has 18 heavy (non-hydrogen) atoms. The van der Waals surface area contributed by atoms with E-state index in [1.54, 1.807) is 17.0 Å². The van der Waals surface area contributed by atoms with Crippen LogP contribution in [0, 0.1) is 0 Å². The Labute approximate surface area is 106 Å². The summed E-state index contributed by atoms with van der Waals surface area (Å²) in [4.78, 5) is 14.0.